The van der Waals surface area contributed by atoms with E-state index in [9.17, 15) is 9.90 Å². The summed E-state index contributed by atoms with van der Waals surface area (Å²) in [4.78, 5) is 11.0. The second-order valence-corrected chi connectivity index (χ2v) is 3.17. The van der Waals surface area contributed by atoms with Crippen molar-refractivity contribution in [2.24, 2.45) is 0 Å². The molecule has 0 radical (unpaired) electrons. The Balaban J connectivity index is 2.84. The Kier molecular flexibility index (Phi) is 4.18. The van der Waals surface area contributed by atoms with Crippen LogP contribution in [0.5, 0.6) is 5.75 Å². The zero-order valence-corrected chi connectivity index (χ0v) is 8.99. The number of aromatic hydroxyl groups is 1. The van der Waals surface area contributed by atoms with Gasteiger partial charge < -0.3 is 9.84 Å². The molecule has 0 aromatic heterocycles. The SMILES string of the molecule is CCOC(=O)/C=C/c1c(O)cccc1Cl. The first-order valence-electron chi connectivity index (χ1n) is 4.47. The third-order valence-electron chi connectivity index (χ3n) is 1.70. The van der Waals surface area contributed by atoms with Gasteiger partial charge in [-0.3, -0.25) is 0 Å². The number of rotatable bonds is 3. The molecule has 0 atom stereocenters. The maximum absolute atomic E-state index is 11.0. The minimum atomic E-state index is -0.461. The van der Waals surface area contributed by atoms with E-state index in [1.165, 1.54) is 18.2 Å². The molecule has 1 aromatic rings. The van der Waals surface area contributed by atoms with Gasteiger partial charge in [-0.25, -0.2) is 4.79 Å². The summed E-state index contributed by atoms with van der Waals surface area (Å²) < 4.78 is 4.69. The highest BCUT2D eigenvalue weighted by molar-refractivity contribution is 6.32. The van der Waals surface area contributed by atoms with Gasteiger partial charge >= 0.3 is 5.97 Å². The first-order chi connectivity index (χ1) is 7.15. The molecule has 0 spiro atoms. The van der Waals surface area contributed by atoms with Gasteiger partial charge in [0.25, 0.3) is 0 Å². The van der Waals surface area contributed by atoms with Crippen molar-refractivity contribution in [3.63, 3.8) is 0 Å². The highest BCUT2D eigenvalue weighted by atomic mass is 35.5. The van der Waals surface area contributed by atoms with E-state index in [1.807, 2.05) is 0 Å². The fraction of sp³-hybridized carbons (Fsp3) is 0.182. The summed E-state index contributed by atoms with van der Waals surface area (Å²) in [6.45, 7) is 2.04. The molecule has 0 saturated carbocycles. The molecule has 1 N–H and O–H groups in total. The number of benzene rings is 1. The van der Waals surface area contributed by atoms with Crippen molar-refractivity contribution in [3.05, 3.63) is 34.9 Å². The van der Waals surface area contributed by atoms with E-state index in [0.717, 1.165) is 0 Å². The van der Waals surface area contributed by atoms with Crippen LogP contribution in [-0.4, -0.2) is 17.7 Å². The van der Waals surface area contributed by atoms with Gasteiger partial charge in [0.05, 0.1) is 11.6 Å². The summed E-state index contributed by atoms with van der Waals surface area (Å²) in [6, 6.07) is 4.75. The minimum Gasteiger partial charge on any atom is -0.507 e. The molecule has 0 unspecified atom stereocenters. The van der Waals surface area contributed by atoms with Gasteiger partial charge in [-0.1, -0.05) is 17.7 Å². The first-order valence-corrected chi connectivity index (χ1v) is 4.85. The Bertz CT molecular complexity index is 365. The molecule has 80 valence electrons. The predicted molar refractivity (Wildman–Crippen MR) is 58.8 cm³/mol. The van der Waals surface area contributed by atoms with Gasteiger partial charge in [0.15, 0.2) is 0 Å². The molecule has 0 aliphatic rings. The summed E-state index contributed by atoms with van der Waals surface area (Å²) in [7, 11) is 0. The number of phenols is 1. The molecule has 0 aliphatic carbocycles. The number of esters is 1. The van der Waals surface area contributed by atoms with E-state index >= 15 is 0 Å². The largest absolute Gasteiger partial charge is 0.507 e. The van der Waals surface area contributed by atoms with Crippen LogP contribution in [0.3, 0.4) is 0 Å². The molecule has 1 rings (SSSR count). The molecule has 15 heavy (non-hydrogen) atoms. The van der Waals surface area contributed by atoms with Crippen LogP contribution in [0.2, 0.25) is 5.02 Å². The lowest BCUT2D eigenvalue weighted by molar-refractivity contribution is -0.137. The number of carbonyl (C=O) groups is 1. The molecule has 3 nitrogen and oxygen atoms in total. The molecule has 0 amide bonds. The molecule has 1 aromatic carbocycles. The van der Waals surface area contributed by atoms with Crippen molar-refractivity contribution in [2.45, 2.75) is 6.92 Å². The van der Waals surface area contributed by atoms with Crippen molar-refractivity contribution in [2.75, 3.05) is 6.61 Å². The van der Waals surface area contributed by atoms with Gasteiger partial charge in [0, 0.05) is 11.6 Å². The molecule has 0 fully saturated rings. The van der Waals surface area contributed by atoms with Crippen LogP contribution < -0.4 is 0 Å². The molecule has 0 heterocycles. The molecular weight excluding hydrogens is 216 g/mol. The van der Waals surface area contributed by atoms with Gasteiger partial charge in [0.1, 0.15) is 5.75 Å². The van der Waals surface area contributed by atoms with Crippen molar-refractivity contribution in [3.8, 4) is 5.75 Å². The smallest absolute Gasteiger partial charge is 0.330 e. The Morgan fingerprint density at radius 1 is 1.60 bits per heavy atom. The number of ether oxygens (including phenoxy) is 1. The monoisotopic (exact) mass is 226 g/mol. The summed E-state index contributed by atoms with van der Waals surface area (Å²) in [5, 5.41) is 9.83. The molecular formula is C11H11ClO3. The van der Waals surface area contributed by atoms with Crippen LogP contribution in [-0.2, 0) is 9.53 Å². The van der Waals surface area contributed by atoms with Crippen LogP contribution in [0.25, 0.3) is 6.08 Å². The highest BCUT2D eigenvalue weighted by Gasteiger charge is 2.02. The predicted octanol–water partition coefficient (Wildman–Crippen LogP) is 2.62. The summed E-state index contributed by atoms with van der Waals surface area (Å²) in [5.74, 6) is -0.431. The average molecular weight is 227 g/mol. The normalized spacial score (nSPS) is 10.5. The second-order valence-electron chi connectivity index (χ2n) is 2.76. The second kappa shape index (κ2) is 5.41. The zero-order chi connectivity index (χ0) is 11.3. The average Bonchev–Trinajstić information content (AvgIpc) is 2.17. The molecule has 0 aliphatic heterocycles. The summed E-state index contributed by atoms with van der Waals surface area (Å²) in [6.07, 6.45) is 2.65. The molecule has 0 saturated heterocycles. The zero-order valence-electron chi connectivity index (χ0n) is 8.24. The fourth-order valence-corrected chi connectivity index (χ4v) is 1.26. The summed E-state index contributed by atoms with van der Waals surface area (Å²) >= 11 is 5.83. The maximum Gasteiger partial charge on any atom is 0.330 e. The van der Waals surface area contributed by atoms with Crippen molar-refractivity contribution < 1.29 is 14.6 Å². The lowest BCUT2D eigenvalue weighted by Gasteiger charge is -2.01. The Hall–Kier alpha value is -1.48. The van der Waals surface area contributed by atoms with E-state index < -0.39 is 5.97 Å². The third kappa shape index (κ3) is 3.29. The number of phenolic OH excluding ortho intramolecular Hbond substituents is 1. The summed E-state index contributed by atoms with van der Waals surface area (Å²) in [5.41, 5.74) is 0.409. The minimum absolute atomic E-state index is 0.0306. The quantitative estimate of drug-likeness (QED) is 0.637. The Morgan fingerprint density at radius 2 is 2.33 bits per heavy atom. The van der Waals surface area contributed by atoms with Gasteiger partial charge in [-0.2, -0.15) is 0 Å². The van der Waals surface area contributed by atoms with Crippen molar-refractivity contribution >= 4 is 23.6 Å². The Morgan fingerprint density at radius 3 is 2.93 bits per heavy atom. The third-order valence-corrected chi connectivity index (χ3v) is 2.03. The number of carbonyl (C=O) groups excluding carboxylic acids is 1. The number of hydrogen-bond donors (Lipinski definition) is 1. The van der Waals surface area contributed by atoms with Crippen LogP contribution in [0.4, 0.5) is 0 Å². The number of halogens is 1. The van der Waals surface area contributed by atoms with E-state index in [0.29, 0.717) is 17.2 Å². The lowest BCUT2D eigenvalue weighted by atomic mass is 10.2. The van der Waals surface area contributed by atoms with E-state index in [2.05, 4.69) is 0 Å². The van der Waals surface area contributed by atoms with Gasteiger partial charge in [0.2, 0.25) is 0 Å². The molecule has 0 bridgehead atoms. The number of hydrogen-bond acceptors (Lipinski definition) is 3. The van der Waals surface area contributed by atoms with Gasteiger partial charge in [-0.05, 0) is 25.1 Å². The molecule has 4 heteroatoms. The lowest BCUT2D eigenvalue weighted by Crippen LogP contribution is -1.98. The topological polar surface area (TPSA) is 46.5 Å². The van der Waals surface area contributed by atoms with Crippen LogP contribution in [0, 0.1) is 0 Å². The first kappa shape index (κ1) is 11.6. The fourth-order valence-electron chi connectivity index (χ4n) is 1.03. The standard InChI is InChI=1S/C11H11ClO3/c1-2-15-11(14)7-6-8-9(12)4-3-5-10(8)13/h3-7,13H,2H2,1H3/b7-6+. The van der Waals surface area contributed by atoms with E-state index in [4.69, 9.17) is 16.3 Å². The van der Waals surface area contributed by atoms with Crippen LogP contribution in [0.15, 0.2) is 24.3 Å². The van der Waals surface area contributed by atoms with E-state index in [-0.39, 0.29) is 5.75 Å². The highest BCUT2D eigenvalue weighted by Crippen LogP contribution is 2.26. The van der Waals surface area contributed by atoms with E-state index in [1.54, 1.807) is 19.1 Å². The van der Waals surface area contributed by atoms with Crippen LogP contribution >= 0.6 is 11.6 Å². The van der Waals surface area contributed by atoms with Crippen LogP contribution in [0.1, 0.15) is 12.5 Å². The van der Waals surface area contributed by atoms with Crippen molar-refractivity contribution in [1.82, 2.24) is 0 Å². The van der Waals surface area contributed by atoms with Gasteiger partial charge in [-0.15, -0.1) is 0 Å². The van der Waals surface area contributed by atoms with Crippen molar-refractivity contribution in [1.29, 1.82) is 0 Å². The Labute approximate surface area is 92.9 Å². The maximum atomic E-state index is 11.0.